The number of rotatable bonds is 10. The molecule has 1 fully saturated rings. The molecule has 1 heterocycles. The molecule has 0 aliphatic heterocycles. The fourth-order valence-electron chi connectivity index (χ4n) is 10.4. The van der Waals surface area contributed by atoms with Crippen molar-refractivity contribution in [3.63, 3.8) is 0 Å². The lowest BCUT2D eigenvalue weighted by Crippen LogP contribution is -2.05. The van der Waals surface area contributed by atoms with Crippen LogP contribution in [0.1, 0.15) is 43.6 Å². The number of hydrogen-bond donors (Lipinski definition) is 0. The quantitative estimate of drug-likeness (QED) is 0.129. The fraction of sp³-hybridized carbons (Fsp3) is 0.100. The standard InChI is InChI=1S/C60H51NS2/c1-8-22-46(23-9-1)47-36-38-48(39-37-47)61-59-42-40-55(62(49-24-10-2-11-25-49,50-26-12-3-13-27-50)51-28-14-4-15-29-51)44-57(59)58-45-56(41-43-60(58)61)63(52-30-16-5-17-31-52,53-32-18-6-19-33-53)54-34-20-7-21-35-54/h2-7,10-21,24-46H,1,8-9,22-23H2. The summed E-state index contributed by atoms with van der Waals surface area (Å²) in [6, 6.07) is 91.8. The highest BCUT2D eigenvalue weighted by molar-refractivity contribution is 8.34. The summed E-state index contributed by atoms with van der Waals surface area (Å²) in [5.41, 5.74) is 5.13. The Morgan fingerprint density at radius 3 is 0.937 bits per heavy atom. The second-order valence-electron chi connectivity index (χ2n) is 16.7. The van der Waals surface area contributed by atoms with Crippen LogP contribution in [-0.2, 0) is 0 Å². The van der Waals surface area contributed by atoms with Gasteiger partial charge < -0.3 is 4.57 Å². The molecule has 0 unspecified atom stereocenters. The third-order valence-electron chi connectivity index (χ3n) is 13.2. The summed E-state index contributed by atoms with van der Waals surface area (Å²) in [6.07, 6.45) is 6.62. The van der Waals surface area contributed by atoms with Crippen molar-refractivity contribution in [3.8, 4) is 5.69 Å². The van der Waals surface area contributed by atoms with Gasteiger partial charge in [0.1, 0.15) is 0 Å². The van der Waals surface area contributed by atoms with E-state index in [0.29, 0.717) is 5.92 Å². The van der Waals surface area contributed by atoms with E-state index in [1.807, 2.05) is 0 Å². The molecule has 1 aliphatic rings. The predicted molar refractivity (Wildman–Crippen MR) is 267 cm³/mol. The molecule has 0 amide bonds. The van der Waals surface area contributed by atoms with Gasteiger partial charge in [0, 0.05) is 55.6 Å². The largest absolute Gasteiger partial charge is 0.309 e. The molecule has 0 bridgehead atoms. The Hall–Kier alpha value is -6.52. The van der Waals surface area contributed by atoms with Crippen molar-refractivity contribution in [1.82, 2.24) is 4.57 Å². The molecule has 1 nitrogen and oxygen atoms in total. The predicted octanol–water partition coefficient (Wildman–Crippen LogP) is 17.5. The minimum absolute atomic E-state index is 0.659. The van der Waals surface area contributed by atoms with Crippen LogP contribution in [0.4, 0.5) is 0 Å². The molecule has 0 radical (unpaired) electrons. The SMILES string of the molecule is c1ccc(S(c2ccccc2)(c2ccccc2)c2ccc3c(c2)c2cc(S(c4ccccc4)(c4ccccc4)c4ccccc4)ccc2n3-c2ccc(C3CCCCC3)cc2)cc1. The second-order valence-corrected chi connectivity index (χ2v) is 22.9. The minimum atomic E-state index is -1.92. The summed E-state index contributed by atoms with van der Waals surface area (Å²) < 4.78 is 2.53. The van der Waals surface area contributed by atoms with Gasteiger partial charge in [0.2, 0.25) is 0 Å². The van der Waals surface area contributed by atoms with Gasteiger partial charge in [0.15, 0.2) is 0 Å². The second kappa shape index (κ2) is 17.0. The van der Waals surface area contributed by atoms with Gasteiger partial charge in [-0.2, -0.15) is 0 Å². The van der Waals surface area contributed by atoms with Crippen molar-refractivity contribution >= 4 is 41.9 Å². The summed E-state index contributed by atoms with van der Waals surface area (Å²) in [5, 5.41) is 2.53. The van der Waals surface area contributed by atoms with Crippen LogP contribution in [0.15, 0.2) is 282 Å². The maximum absolute atomic E-state index is 2.56. The first-order chi connectivity index (χ1) is 31.3. The molecule has 11 rings (SSSR count). The monoisotopic (exact) mass is 849 g/mol. The van der Waals surface area contributed by atoms with Crippen LogP contribution in [0.2, 0.25) is 0 Å². The Labute approximate surface area is 375 Å². The van der Waals surface area contributed by atoms with Crippen molar-refractivity contribution in [2.45, 2.75) is 77.2 Å². The number of benzene rings is 9. The molecule has 3 heteroatoms. The van der Waals surface area contributed by atoms with E-state index >= 15 is 0 Å². The molecule has 63 heavy (non-hydrogen) atoms. The topological polar surface area (TPSA) is 4.93 Å². The lowest BCUT2D eigenvalue weighted by molar-refractivity contribution is 0.443. The zero-order valence-electron chi connectivity index (χ0n) is 35.5. The van der Waals surface area contributed by atoms with Gasteiger partial charge in [0.25, 0.3) is 0 Å². The van der Waals surface area contributed by atoms with Crippen LogP contribution < -0.4 is 0 Å². The zero-order chi connectivity index (χ0) is 42.1. The zero-order valence-corrected chi connectivity index (χ0v) is 37.1. The smallest absolute Gasteiger partial charge is 0.0541 e. The van der Waals surface area contributed by atoms with Gasteiger partial charge in [-0.3, -0.25) is 0 Å². The van der Waals surface area contributed by atoms with Crippen LogP contribution in [0.3, 0.4) is 0 Å². The van der Waals surface area contributed by atoms with Crippen molar-refractivity contribution in [2.24, 2.45) is 0 Å². The van der Waals surface area contributed by atoms with Gasteiger partial charge in [-0.25, -0.2) is 0 Å². The van der Waals surface area contributed by atoms with Crippen molar-refractivity contribution < 1.29 is 0 Å². The highest BCUT2D eigenvalue weighted by Gasteiger charge is 2.36. The van der Waals surface area contributed by atoms with Crippen LogP contribution in [0.25, 0.3) is 27.5 Å². The molecular weight excluding hydrogens is 799 g/mol. The van der Waals surface area contributed by atoms with E-state index in [1.165, 1.54) is 104 Å². The van der Waals surface area contributed by atoms with Gasteiger partial charge in [0.05, 0.1) is 11.0 Å². The number of hydrogen-bond acceptors (Lipinski definition) is 0. The summed E-state index contributed by atoms with van der Waals surface area (Å²) in [6.45, 7) is 0. The number of nitrogens with zero attached hydrogens (tertiary/aromatic N) is 1. The van der Waals surface area contributed by atoms with Crippen molar-refractivity contribution in [1.29, 1.82) is 0 Å². The molecule has 308 valence electrons. The molecule has 1 aliphatic carbocycles. The molecule has 10 aromatic rings. The van der Waals surface area contributed by atoms with Crippen molar-refractivity contribution in [3.05, 3.63) is 248 Å². The van der Waals surface area contributed by atoms with Gasteiger partial charge in [-0.05, 0) is 146 Å². The Morgan fingerprint density at radius 2 is 0.619 bits per heavy atom. The van der Waals surface area contributed by atoms with Crippen LogP contribution in [0, 0.1) is 0 Å². The van der Waals surface area contributed by atoms with E-state index in [0.717, 1.165) is 0 Å². The molecule has 9 aromatic carbocycles. The molecular formula is C60H51NS2. The summed E-state index contributed by atoms with van der Waals surface area (Å²) in [7, 11) is -3.83. The molecule has 0 spiro atoms. The van der Waals surface area contributed by atoms with Gasteiger partial charge in [-0.1, -0.05) is 141 Å². The molecule has 0 atom stereocenters. The Morgan fingerprint density at radius 1 is 0.302 bits per heavy atom. The first-order valence-electron chi connectivity index (χ1n) is 22.4. The maximum atomic E-state index is 2.56. The van der Waals surface area contributed by atoms with E-state index in [1.54, 1.807) is 0 Å². The molecule has 1 saturated carbocycles. The highest BCUT2D eigenvalue weighted by Crippen LogP contribution is 2.75. The van der Waals surface area contributed by atoms with E-state index in [2.05, 4.69) is 247 Å². The van der Waals surface area contributed by atoms with Crippen LogP contribution in [0.5, 0.6) is 0 Å². The van der Waals surface area contributed by atoms with E-state index in [-0.39, 0.29) is 0 Å². The summed E-state index contributed by atoms with van der Waals surface area (Å²) in [4.78, 5) is 10.6. The number of aromatic nitrogens is 1. The van der Waals surface area contributed by atoms with E-state index < -0.39 is 20.1 Å². The first-order valence-corrected chi connectivity index (χ1v) is 25.7. The maximum Gasteiger partial charge on any atom is 0.0541 e. The normalized spacial score (nSPS) is 14.2. The first kappa shape index (κ1) is 39.3. The van der Waals surface area contributed by atoms with Gasteiger partial charge in [-0.15, -0.1) is 20.1 Å². The summed E-state index contributed by atoms with van der Waals surface area (Å²) >= 11 is 0. The molecule has 1 aromatic heterocycles. The minimum Gasteiger partial charge on any atom is -0.309 e. The fourth-order valence-corrected chi connectivity index (χ4v) is 18.1. The Balaban J connectivity index is 1.23. The third-order valence-corrected chi connectivity index (χ3v) is 21.0. The average Bonchev–Trinajstić information content (AvgIpc) is 3.70. The highest BCUT2D eigenvalue weighted by atomic mass is 32.3. The lowest BCUT2D eigenvalue weighted by atomic mass is 9.84. The summed E-state index contributed by atoms with van der Waals surface area (Å²) in [5.74, 6) is 0.659. The lowest BCUT2D eigenvalue weighted by Gasteiger charge is -2.42. The third kappa shape index (κ3) is 6.74. The molecule has 0 saturated heterocycles. The van der Waals surface area contributed by atoms with Crippen LogP contribution >= 0.6 is 20.1 Å². The average molecular weight is 850 g/mol. The van der Waals surface area contributed by atoms with E-state index in [9.17, 15) is 0 Å². The molecule has 0 N–H and O–H groups in total. The van der Waals surface area contributed by atoms with E-state index in [4.69, 9.17) is 0 Å². The van der Waals surface area contributed by atoms with Gasteiger partial charge >= 0.3 is 0 Å². The Bertz CT molecular complexity index is 2730. The van der Waals surface area contributed by atoms with Crippen LogP contribution in [-0.4, -0.2) is 4.57 Å². The Kier molecular flexibility index (Phi) is 10.6. The van der Waals surface area contributed by atoms with Crippen molar-refractivity contribution in [2.75, 3.05) is 0 Å². The number of fused-ring (bicyclic) bond motifs is 3.